The molecular weight excluding hydrogens is 258 g/mol. The normalized spacial score (nSPS) is 11.4. The maximum Gasteiger partial charge on any atom is 0.0670 e. The SMILES string of the molecule is Cc1cc(CC(C#N)CC#N)c(N)c(-c2ccccc2)c1. The second kappa shape index (κ2) is 6.59. The number of rotatable bonds is 4. The van der Waals surface area contributed by atoms with Crippen molar-refractivity contribution in [3.63, 3.8) is 0 Å². The van der Waals surface area contributed by atoms with Crippen molar-refractivity contribution in [3.8, 4) is 23.3 Å². The lowest BCUT2D eigenvalue weighted by Crippen LogP contribution is -2.05. The maximum absolute atomic E-state index is 9.12. The number of nitrogens with zero attached hydrogens (tertiary/aromatic N) is 2. The average molecular weight is 275 g/mol. The van der Waals surface area contributed by atoms with E-state index in [4.69, 9.17) is 16.3 Å². The largest absolute Gasteiger partial charge is 0.398 e. The molecule has 0 saturated carbocycles. The Bertz CT molecular complexity index is 706. The molecule has 0 aliphatic heterocycles. The van der Waals surface area contributed by atoms with Crippen LogP contribution in [0, 0.1) is 35.5 Å². The lowest BCUT2D eigenvalue weighted by atomic mass is 9.91. The Morgan fingerprint density at radius 3 is 2.48 bits per heavy atom. The third-order valence-electron chi connectivity index (χ3n) is 3.48. The lowest BCUT2D eigenvalue weighted by Gasteiger charge is -2.14. The van der Waals surface area contributed by atoms with E-state index in [2.05, 4.69) is 18.2 Å². The Kier molecular flexibility index (Phi) is 4.59. The zero-order valence-electron chi connectivity index (χ0n) is 12.0. The first-order valence-corrected chi connectivity index (χ1v) is 6.86. The summed E-state index contributed by atoms with van der Waals surface area (Å²) in [7, 11) is 0. The Balaban J connectivity index is 2.43. The van der Waals surface area contributed by atoms with Gasteiger partial charge in [0, 0.05) is 11.3 Å². The van der Waals surface area contributed by atoms with Crippen LogP contribution in [0.5, 0.6) is 0 Å². The lowest BCUT2D eigenvalue weighted by molar-refractivity contribution is 0.681. The molecule has 3 heteroatoms. The van der Waals surface area contributed by atoms with Gasteiger partial charge in [-0.15, -0.1) is 0 Å². The maximum atomic E-state index is 9.12. The molecule has 0 aliphatic carbocycles. The summed E-state index contributed by atoms with van der Waals surface area (Å²) in [5.74, 6) is -0.317. The van der Waals surface area contributed by atoms with Crippen LogP contribution in [0.1, 0.15) is 17.5 Å². The zero-order chi connectivity index (χ0) is 15.2. The van der Waals surface area contributed by atoms with E-state index in [1.807, 2.05) is 43.3 Å². The highest BCUT2D eigenvalue weighted by Gasteiger charge is 2.14. The first kappa shape index (κ1) is 14.6. The third kappa shape index (κ3) is 3.41. The highest BCUT2D eigenvalue weighted by atomic mass is 14.6. The van der Waals surface area contributed by atoms with E-state index in [0.717, 1.165) is 22.3 Å². The number of aryl methyl sites for hydroxylation is 1. The standard InChI is InChI=1S/C18H17N3/c1-13-9-16(11-14(12-20)7-8-19)18(21)17(10-13)15-5-3-2-4-6-15/h2-6,9-10,14H,7,11,21H2,1H3. The van der Waals surface area contributed by atoms with Crippen molar-refractivity contribution < 1.29 is 0 Å². The molecule has 0 radical (unpaired) electrons. The number of benzene rings is 2. The van der Waals surface area contributed by atoms with Crippen LogP contribution in [-0.4, -0.2) is 0 Å². The van der Waals surface area contributed by atoms with Crippen LogP contribution >= 0.6 is 0 Å². The van der Waals surface area contributed by atoms with Gasteiger partial charge in [0.2, 0.25) is 0 Å². The first-order chi connectivity index (χ1) is 10.2. The van der Waals surface area contributed by atoms with Gasteiger partial charge in [-0.2, -0.15) is 10.5 Å². The number of nitriles is 2. The topological polar surface area (TPSA) is 73.6 Å². The van der Waals surface area contributed by atoms with E-state index >= 15 is 0 Å². The average Bonchev–Trinajstić information content (AvgIpc) is 2.50. The van der Waals surface area contributed by atoms with Crippen LogP contribution in [0.25, 0.3) is 11.1 Å². The van der Waals surface area contributed by atoms with E-state index in [0.29, 0.717) is 12.1 Å². The summed E-state index contributed by atoms with van der Waals surface area (Å²) in [6, 6.07) is 18.3. The molecular formula is C18H17N3. The fraction of sp³-hybridized carbons (Fsp3) is 0.222. The van der Waals surface area contributed by atoms with Crippen LogP contribution in [0.2, 0.25) is 0 Å². The fourth-order valence-electron chi connectivity index (χ4n) is 2.44. The van der Waals surface area contributed by atoms with Crippen molar-refractivity contribution in [2.24, 2.45) is 5.92 Å². The molecule has 0 bridgehead atoms. The van der Waals surface area contributed by atoms with Gasteiger partial charge in [0.05, 0.1) is 24.5 Å². The first-order valence-electron chi connectivity index (χ1n) is 6.86. The van der Waals surface area contributed by atoms with Crippen LogP contribution in [0.4, 0.5) is 5.69 Å². The predicted octanol–water partition coefficient (Wildman–Crippen LogP) is 3.84. The minimum Gasteiger partial charge on any atom is -0.398 e. The summed E-state index contributed by atoms with van der Waals surface area (Å²) in [5, 5.41) is 17.9. The van der Waals surface area contributed by atoms with Gasteiger partial charge in [-0.3, -0.25) is 0 Å². The van der Waals surface area contributed by atoms with E-state index < -0.39 is 0 Å². The summed E-state index contributed by atoms with van der Waals surface area (Å²) >= 11 is 0. The molecule has 0 saturated heterocycles. The van der Waals surface area contributed by atoms with Gasteiger partial charge in [0.15, 0.2) is 0 Å². The van der Waals surface area contributed by atoms with Crippen molar-refractivity contribution in [2.75, 3.05) is 5.73 Å². The van der Waals surface area contributed by atoms with Gasteiger partial charge < -0.3 is 5.73 Å². The molecule has 3 nitrogen and oxygen atoms in total. The van der Waals surface area contributed by atoms with Crippen LogP contribution in [0.15, 0.2) is 42.5 Å². The van der Waals surface area contributed by atoms with Crippen molar-refractivity contribution in [1.82, 2.24) is 0 Å². The smallest absolute Gasteiger partial charge is 0.0670 e. The van der Waals surface area contributed by atoms with E-state index in [-0.39, 0.29) is 12.3 Å². The van der Waals surface area contributed by atoms with Crippen LogP contribution in [0.3, 0.4) is 0 Å². The van der Waals surface area contributed by atoms with Gasteiger partial charge >= 0.3 is 0 Å². The van der Waals surface area contributed by atoms with E-state index in [1.165, 1.54) is 0 Å². The summed E-state index contributed by atoms with van der Waals surface area (Å²) in [6.45, 7) is 2.01. The molecule has 2 aromatic carbocycles. The van der Waals surface area contributed by atoms with Crippen molar-refractivity contribution in [3.05, 3.63) is 53.6 Å². The number of hydrogen-bond acceptors (Lipinski definition) is 3. The number of anilines is 1. The molecule has 2 N–H and O–H groups in total. The molecule has 0 heterocycles. The number of nitrogens with two attached hydrogens (primary N) is 1. The highest BCUT2D eigenvalue weighted by molar-refractivity contribution is 5.79. The molecule has 1 atom stereocenters. The van der Waals surface area contributed by atoms with Crippen LogP contribution < -0.4 is 5.73 Å². The van der Waals surface area contributed by atoms with Gasteiger partial charge in [-0.25, -0.2) is 0 Å². The van der Waals surface area contributed by atoms with Gasteiger partial charge in [-0.1, -0.05) is 42.0 Å². The minimum atomic E-state index is -0.317. The molecule has 0 fully saturated rings. The van der Waals surface area contributed by atoms with Gasteiger partial charge in [0.25, 0.3) is 0 Å². The Morgan fingerprint density at radius 1 is 1.14 bits per heavy atom. The molecule has 0 amide bonds. The summed E-state index contributed by atoms with van der Waals surface area (Å²) in [6.07, 6.45) is 0.738. The Hall–Kier alpha value is -2.78. The molecule has 2 rings (SSSR count). The second-order valence-corrected chi connectivity index (χ2v) is 5.14. The van der Waals surface area contributed by atoms with E-state index in [9.17, 15) is 0 Å². The number of hydrogen-bond donors (Lipinski definition) is 1. The van der Waals surface area contributed by atoms with Gasteiger partial charge in [-0.05, 0) is 30.5 Å². The monoisotopic (exact) mass is 275 g/mol. The Labute approximate surface area is 125 Å². The summed E-state index contributed by atoms with van der Waals surface area (Å²) in [4.78, 5) is 0. The zero-order valence-corrected chi connectivity index (χ0v) is 12.0. The molecule has 2 aromatic rings. The molecule has 0 spiro atoms. The van der Waals surface area contributed by atoms with Gasteiger partial charge in [0.1, 0.15) is 0 Å². The van der Waals surface area contributed by atoms with Crippen molar-refractivity contribution in [2.45, 2.75) is 19.8 Å². The highest BCUT2D eigenvalue weighted by Crippen LogP contribution is 2.31. The Morgan fingerprint density at radius 2 is 1.86 bits per heavy atom. The predicted molar refractivity (Wildman–Crippen MR) is 84.1 cm³/mol. The van der Waals surface area contributed by atoms with Crippen molar-refractivity contribution in [1.29, 1.82) is 10.5 Å². The van der Waals surface area contributed by atoms with Crippen LogP contribution in [-0.2, 0) is 6.42 Å². The quantitative estimate of drug-likeness (QED) is 0.861. The summed E-state index contributed by atoms with van der Waals surface area (Å²) in [5.41, 5.74) is 11.1. The fourth-order valence-corrected chi connectivity index (χ4v) is 2.44. The molecule has 1 unspecified atom stereocenters. The summed E-state index contributed by atoms with van der Waals surface area (Å²) < 4.78 is 0. The second-order valence-electron chi connectivity index (χ2n) is 5.14. The number of nitrogen functional groups attached to an aromatic ring is 1. The third-order valence-corrected chi connectivity index (χ3v) is 3.48. The van der Waals surface area contributed by atoms with E-state index in [1.54, 1.807) is 0 Å². The molecule has 0 aliphatic rings. The molecule has 21 heavy (non-hydrogen) atoms. The minimum absolute atomic E-state index is 0.227. The molecule has 0 aromatic heterocycles. The molecule has 104 valence electrons. The van der Waals surface area contributed by atoms with Crippen molar-refractivity contribution >= 4 is 5.69 Å².